The molecule has 3 heteroatoms. The van der Waals surface area contributed by atoms with Crippen LogP contribution in [0.2, 0.25) is 0 Å². The minimum absolute atomic E-state index is 0.493. The van der Waals surface area contributed by atoms with Gasteiger partial charge in [-0.3, -0.25) is 9.97 Å². The molecule has 0 radical (unpaired) electrons. The number of hydrogen-bond acceptors (Lipinski definition) is 2. The standard InChI is InChI=1S/C13H9ClN2/c14-8-10-7-9-3-1-5-15-12(9)13-11(10)4-2-6-16-13/h1-7H,8H2. The molecule has 3 aromatic rings. The molecule has 2 nitrogen and oxygen atoms in total. The molecule has 0 aliphatic carbocycles. The summed E-state index contributed by atoms with van der Waals surface area (Å²) in [5.74, 6) is 0.493. The molecule has 0 atom stereocenters. The number of fused-ring (bicyclic) bond motifs is 3. The lowest BCUT2D eigenvalue weighted by Gasteiger charge is -2.06. The highest BCUT2D eigenvalue weighted by molar-refractivity contribution is 6.19. The second-order valence-corrected chi connectivity index (χ2v) is 3.91. The van der Waals surface area contributed by atoms with Crippen LogP contribution in [0.4, 0.5) is 0 Å². The minimum Gasteiger partial charge on any atom is -0.254 e. The SMILES string of the molecule is ClCc1cc2cccnc2c2ncccc12. The maximum absolute atomic E-state index is 5.96. The summed E-state index contributed by atoms with van der Waals surface area (Å²) >= 11 is 5.96. The number of hydrogen-bond donors (Lipinski definition) is 0. The van der Waals surface area contributed by atoms with Crippen molar-refractivity contribution in [3.8, 4) is 0 Å². The van der Waals surface area contributed by atoms with Crippen LogP contribution in [0.3, 0.4) is 0 Å². The van der Waals surface area contributed by atoms with Crippen molar-refractivity contribution in [3.63, 3.8) is 0 Å². The third kappa shape index (κ3) is 1.34. The molecule has 0 spiro atoms. The van der Waals surface area contributed by atoms with Crippen LogP contribution < -0.4 is 0 Å². The predicted octanol–water partition coefficient (Wildman–Crippen LogP) is 3.52. The molecule has 0 saturated carbocycles. The number of aromatic nitrogens is 2. The molecule has 0 aliphatic heterocycles. The van der Waals surface area contributed by atoms with Gasteiger partial charge in [0.15, 0.2) is 0 Å². The second-order valence-electron chi connectivity index (χ2n) is 3.64. The lowest BCUT2D eigenvalue weighted by Crippen LogP contribution is -1.89. The molecule has 0 fully saturated rings. The van der Waals surface area contributed by atoms with Crippen molar-refractivity contribution >= 4 is 33.4 Å². The van der Waals surface area contributed by atoms with E-state index in [1.165, 1.54) is 0 Å². The number of halogens is 1. The largest absolute Gasteiger partial charge is 0.254 e. The highest BCUT2D eigenvalue weighted by atomic mass is 35.5. The molecule has 0 unspecified atom stereocenters. The molecule has 2 heterocycles. The summed E-state index contributed by atoms with van der Waals surface area (Å²) in [7, 11) is 0. The van der Waals surface area contributed by atoms with Crippen molar-refractivity contribution in [1.82, 2.24) is 9.97 Å². The Morgan fingerprint density at radius 3 is 2.56 bits per heavy atom. The molecule has 3 rings (SSSR count). The quantitative estimate of drug-likeness (QED) is 0.471. The van der Waals surface area contributed by atoms with Crippen LogP contribution in [0.1, 0.15) is 5.56 Å². The fraction of sp³-hybridized carbons (Fsp3) is 0.0769. The Morgan fingerprint density at radius 1 is 1.00 bits per heavy atom. The lowest BCUT2D eigenvalue weighted by molar-refractivity contribution is 1.35. The Bertz CT molecular complexity index is 664. The van der Waals surface area contributed by atoms with Gasteiger partial charge in [0.1, 0.15) is 0 Å². The van der Waals surface area contributed by atoms with Crippen molar-refractivity contribution < 1.29 is 0 Å². The smallest absolute Gasteiger partial charge is 0.0967 e. The first kappa shape index (κ1) is 9.55. The van der Waals surface area contributed by atoms with Crippen LogP contribution in [0.5, 0.6) is 0 Å². The molecule has 2 aromatic heterocycles. The zero-order valence-electron chi connectivity index (χ0n) is 8.52. The van der Waals surface area contributed by atoms with Crippen molar-refractivity contribution in [2.75, 3.05) is 0 Å². The van der Waals surface area contributed by atoms with Crippen LogP contribution in [-0.2, 0) is 5.88 Å². The van der Waals surface area contributed by atoms with E-state index in [2.05, 4.69) is 16.0 Å². The summed E-state index contributed by atoms with van der Waals surface area (Å²) in [5, 5.41) is 2.17. The van der Waals surface area contributed by atoms with E-state index in [4.69, 9.17) is 11.6 Å². The van der Waals surface area contributed by atoms with Gasteiger partial charge < -0.3 is 0 Å². The van der Waals surface area contributed by atoms with E-state index >= 15 is 0 Å². The number of pyridine rings is 2. The second kappa shape index (κ2) is 3.72. The highest BCUT2D eigenvalue weighted by Crippen LogP contribution is 2.26. The Labute approximate surface area is 97.9 Å². The van der Waals surface area contributed by atoms with E-state index in [1.807, 2.05) is 24.3 Å². The van der Waals surface area contributed by atoms with Gasteiger partial charge >= 0.3 is 0 Å². The average Bonchev–Trinajstić information content (AvgIpc) is 2.38. The molecule has 0 bridgehead atoms. The van der Waals surface area contributed by atoms with Gasteiger partial charge in [-0.05, 0) is 23.8 Å². The van der Waals surface area contributed by atoms with E-state index in [0.29, 0.717) is 5.88 Å². The first-order chi connectivity index (χ1) is 7.90. The maximum Gasteiger partial charge on any atom is 0.0967 e. The number of rotatable bonds is 1. The van der Waals surface area contributed by atoms with Crippen LogP contribution in [0.15, 0.2) is 42.7 Å². The normalized spacial score (nSPS) is 11.1. The zero-order chi connectivity index (χ0) is 11.0. The van der Waals surface area contributed by atoms with E-state index in [1.54, 1.807) is 12.4 Å². The predicted molar refractivity (Wildman–Crippen MR) is 66.6 cm³/mol. The topological polar surface area (TPSA) is 25.8 Å². The molecule has 0 aliphatic rings. The van der Waals surface area contributed by atoms with Crippen LogP contribution >= 0.6 is 11.6 Å². The van der Waals surface area contributed by atoms with Crippen molar-refractivity contribution in [2.24, 2.45) is 0 Å². The van der Waals surface area contributed by atoms with Crippen LogP contribution in [0.25, 0.3) is 21.8 Å². The van der Waals surface area contributed by atoms with E-state index in [9.17, 15) is 0 Å². The Balaban J connectivity index is 2.57. The zero-order valence-corrected chi connectivity index (χ0v) is 9.28. The summed E-state index contributed by atoms with van der Waals surface area (Å²) < 4.78 is 0. The summed E-state index contributed by atoms with van der Waals surface area (Å²) in [6.45, 7) is 0. The van der Waals surface area contributed by atoms with Crippen LogP contribution in [-0.4, -0.2) is 9.97 Å². The molecule has 1 aromatic carbocycles. The maximum atomic E-state index is 5.96. The summed E-state index contributed by atoms with van der Waals surface area (Å²) in [6, 6.07) is 10.0. The van der Waals surface area contributed by atoms with Crippen molar-refractivity contribution in [1.29, 1.82) is 0 Å². The molecular weight excluding hydrogens is 220 g/mol. The van der Waals surface area contributed by atoms with E-state index in [-0.39, 0.29) is 0 Å². The molecule has 0 saturated heterocycles. The van der Waals surface area contributed by atoms with Gasteiger partial charge in [-0.2, -0.15) is 0 Å². The van der Waals surface area contributed by atoms with Crippen LogP contribution in [0, 0.1) is 0 Å². The van der Waals surface area contributed by atoms with Crippen molar-refractivity contribution in [3.05, 3.63) is 48.3 Å². The highest BCUT2D eigenvalue weighted by Gasteiger charge is 2.06. The Morgan fingerprint density at radius 2 is 1.75 bits per heavy atom. The molecule has 78 valence electrons. The summed E-state index contributed by atoms with van der Waals surface area (Å²) in [5.41, 5.74) is 2.97. The van der Waals surface area contributed by atoms with Gasteiger partial charge in [0, 0.05) is 29.0 Å². The van der Waals surface area contributed by atoms with Gasteiger partial charge in [-0.25, -0.2) is 0 Å². The van der Waals surface area contributed by atoms with E-state index in [0.717, 1.165) is 27.4 Å². The third-order valence-electron chi connectivity index (χ3n) is 2.69. The lowest BCUT2D eigenvalue weighted by atomic mass is 10.1. The monoisotopic (exact) mass is 228 g/mol. The van der Waals surface area contributed by atoms with E-state index < -0.39 is 0 Å². The number of nitrogens with zero attached hydrogens (tertiary/aromatic N) is 2. The van der Waals surface area contributed by atoms with Gasteiger partial charge in [-0.15, -0.1) is 11.6 Å². The average molecular weight is 229 g/mol. The van der Waals surface area contributed by atoms with Gasteiger partial charge in [0.2, 0.25) is 0 Å². The molecular formula is C13H9ClN2. The first-order valence-electron chi connectivity index (χ1n) is 5.07. The number of alkyl halides is 1. The molecule has 0 amide bonds. The Kier molecular flexibility index (Phi) is 2.22. The van der Waals surface area contributed by atoms with Crippen molar-refractivity contribution in [2.45, 2.75) is 5.88 Å². The van der Waals surface area contributed by atoms with Gasteiger partial charge in [-0.1, -0.05) is 12.1 Å². The fourth-order valence-corrected chi connectivity index (χ4v) is 2.18. The number of benzene rings is 1. The third-order valence-corrected chi connectivity index (χ3v) is 2.98. The summed E-state index contributed by atoms with van der Waals surface area (Å²) in [4.78, 5) is 8.78. The Hall–Kier alpha value is -1.67. The van der Waals surface area contributed by atoms with Gasteiger partial charge in [0.05, 0.1) is 11.0 Å². The molecule has 0 N–H and O–H groups in total. The minimum atomic E-state index is 0.493. The summed E-state index contributed by atoms with van der Waals surface area (Å²) in [6.07, 6.45) is 3.57. The molecule has 16 heavy (non-hydrogen) atoms. The first-order valence-corrected chi connectivity index (χ1v) is 5.61. The van der Waals surface area contributed by atoms with Gasteiger partial charge in [0.25, 0.3) is 0 Å². The fourth-order valence-electron chi connectivity index (χ4n) is 1.96.